The number of thioether (sulfide) groups is 1. The summed E-state index contributed by atoms with van der Waals surface area (Å²) >= 11 is 7.98. The maximum absolute atomic E-state index is 14.2. The van der Waals surface area contributed by atoms with Gasteiger partial charge in [-0.25, -0.2) is 8.42 Å². The minimum atomic E-state index is -4.17. The van der Waals surface area contributed by atoms with Crippen LogP contribution in [0.25, 0.3) is 0 Å². The van der Waals surface area contributed by atoms with Crippen LogP contribution in [0.1, 0.15) is 51.5 Å². The fraction of sp³-hybridized carbons (Fsp3) is 0.394. The number of nitrogens with one attached hydrogen (secondary N) is 1. The number of rotatable bonds is 13. The smallest absolute Gasteiger partial charge is 0.264 e. The lowest BCUT2D eigenvalue weighted by Gasteiger charge is -2.33. The Kier molecular flexibility index (Phi) is 12.0. The summed E-state index contributed by atoms with van der Waals surface area (Å²) < 4.78 is 34.8. The second-order valence-corrected chi connectivity index (χ2v) is 13.9. The summed E-state index contributed by atoms with van der Waals surface area (Å²) in [7, 11) is -4.17. The Labute approximate surface area is 270 Å². The van der Waals surface area contributed by atoms with Gasteiger partial charge in [0.1, 0.15) is 18.3 Å². The first kappa shape index (κ1) is 33.7. The van der Waals surface area contributed by atoms with Crippen LogP contribution in [-0.4, -0.2) is 56.6 Å². The van der Waals surface area contributed by atoms with Crippen molar-refractivity contribution in [3.63, 3.8) is 0 Å². The average Bonchev–Trinajstić information content (AvgIpc) is 3.04. The lowest BCUT2D eigenvalue weighted by atomic mass is 9.95. The number of amides is 2. The van der Waals surface area contributed by atoms with Crippen molar-refractivity contribution in [3.8, 4) is 5.75 Å². The highest BCUT2D eigenvalue weighted by Crippen LogP contribution is 2.28. The molecule has 8 nitrogen and oxygen atoms in total. The molecule has 1 saturated carbocycles. The van der Waals surface area contributed by atoms with Gasteiger partial charge in [-0.15, -0.1) is 11.8 Å². The van der Waals surface area contributed by atoms with Crippen LogP contribution in [0, 0.1) is 0 Å². The normalized spacial score (nSPS) is 14.5. The maximum Gasteiger partial charge on any atom is 0.264 e. The summed E-state index contributed by atoms with van der Waals surface area (Å²) in [5.74, 6) is -0.229. The molecule has 0 heterocycles. The lowest BCUT2D eigenvalue weighted by Crippen LogP contribution is -2.53. The number of hydrogen-bond acceptors (Lipinski definition) is 6. The summed E-state index contributed by atoms with van der Waals surface area (Å²) in [6.07, 6.45) is 6.96. The van der Waals surface area contributed by atoms with E-state index in [-0.39, 0.29) is 23.4 Å². The number of ether oxygens (including phenoxy) is 1. The zero-order chi connectivity index (χ0) is 31.7. The lowest BCUT2D eigenvalue weighted by molar-refractivity contribution is -0.139. The van der Waals surface area contributed by atoms with E-state index >= 15 is 0 Å². The molecule has 11 heteroatoms. The molecule has 3 aromatic carbocycles. The predicted molar refractivity (Wildman–Crippen MR) is 177 cm³/mol. The monoisotopic (exact) mass is 657 g/mol. The van der Waals surface area contributed by atoms with Crippen molar-refractivity contribution in [1.82, 2.24) is 10.2 Å². The van der Waals surface area contributed by atoms with Crippen molar-refractivity contribution in [3.05, 3.63) is 83.4 Å². The molecule has 0 spiro atoms. The average molecular weight is 658 g/mol. The number of carbonyl (C=O) groups excluding carboxylic acids is 2. The quantitative estimate of drug-likeness (QED) is 0.210. The first-order chi connectivity index (χ1) is 21.1. The Bertz CT molecular complexity index is 1510. The number of carbonyl (C=O) groups is 2. The van der Waals surface area contributed by atoms with Crippen LogP contribution in [0.4, 0.5) is 5.69 Å². The fourth-order valence-electron chi connectivity index (χ4n) is 5.24. The highest BCUT2D eigenvalue weighted by Gasteiger charge is 2.33. The van der Waals surface area contributed by atoms with Gasteiger partial charge in [0.05, 0.1) is 17.2 Å². The van der Waals surface area contributed by atoms with Gasteiger partial charge in [-0.05, 0) is 93.1 Å². The van der Waals surface area contributed by atoms with Crippen LogP contribution in [0.15, 0.2) is 82.6 Å². The molecular formula is C33H40ClN3O5S2. The van der Waals surface area contributed by atoms with Crippen LogP contribution in [0.2, 0.25) is 5.02 Å². The van der Waals surface area contributed by atoms with Gasteiger partial charge in [0, 0.05) is 22.5 Å². The second kappa shape index (κ2) is 15.7. The molecular weight excluding hydrogens is 618 g/mol. The van der Waals surface area contributed by atoms with Crippen LogP contribution in [0.5, 0.6) is 5.75 Å². The standard InChI is InChI=1S/C33H40ClN3O5S2/c1-4-42-28-16-14-27(15-17-28)37(44(40,41)30-20-18-29(43-3)19-21-30)23-32(38)36(22-25-10-8-9-13-31(25)34)24(2)33(39)35-26-11-6-5-7-12-26/h8-10,13-21,24,26H,4-7,11-12,22-23H2,1-3H3,(H,35,39)/t24-/m1/s1. The minimum absolute atomic E-state index is 0.0390. The molecule has 1 atom stereocenters. The summed E-state index contributed by atoms with van der Waals surface area (Å²) in [4.78, 5) is 30.1. The molecule has 44 heavy (non-hydrogen) atoms. The molecule has 0 unspecified atom stereocenters. The van der Waals surface area contributed by atoms with E-state index in [1.54, 1.807) is 61.5 Å². The fourth-order valence-corrected chi connectivity index (χ4v) is 7.26. The number of nitrogens with zero attached hydrogens (tertiary/aromatic N) is 2. The van der Waals surface area contributed by atoms with Crippen molar-refractivity contribution in [2.75, 3.05) is 23.7 Å². The van der Waals surface area contributed by atoms with E-state index in [0.29, 0.717) is 28.6 Å². The molecule has 1 aliphatic carbocycles. The summed E-state index contributed by atoms with van der Waals surface area (Å²) in [5.41, 5.74) is 0.954. The highest BCUT2D eigenvalue weighted by molar-refractivity contribution is 7.98. The summed E-state index contributed by atoms with van der Waals surface area (Å²) in [6, 6.07) is 19.4. The molecule has 3 aromatic rings. The summed E-state index contributed by atoms with van der Waals surface area (Å²) in [6.45, 7) is 3.51. The molecule has 0 radical (unpaired) electrons. The molecule has 1 fully saturated rings. The Morgan fingerprint density at radius 1 is 1.00 bits per heavy atom. The minimum Gasteiger partial charge on any atom is -0.494 e. The van der Waals surface area contributed by atoms with E-state index < -0.39 is 28.5 Å². The van der Waals surface area contributed by atoms with Gasteiger partial charge in [-0.1, -0.05) is 49.1 Å². The van der Waals surface area contributed by atoms with Crippen LogP contribution >= 0.6 is 23.4 Å². The first-order valence-corrected chi connectivity index (χ1v) is 17.9. The van der Waals surface area contributed by atoms with Crippen molar-refractivity contribution < 1.29 is 22.7 Å². The van der Waals surface area contributed by atoms with Gasteiger partial charge < -0.3 is 15.0 Å². The molecule has 0 aliphatic heterocycles. The van der Waals surface area contributed by atoms with Crippen molar-refractivity contribution in [1.29, 1.82) is 0 Å². The maximum atomic E-state index is 14.2. The Morgan fingerprint density at radius 2 is 1.66 bits per heavy atom. The highest BCUT2D eigenvalue weighted by atomic mass is 35.5. The van der Waals surface area contributed by atoms with Crippen molar-refractivity contribution in [2.45, 2.75) is 74.4 Å². The number of anilines is 1. The van der Waals surface area contributed by atoms with E-state index in [9.17, 15) is 18.0 Å². The molecule has 0 bridgehead atoms. The van der Waals surface area contributed by atoms with E-state index in [0.717, 1.165) is 41.3 Å². The van der Waals surface area contributed by atoms with Crippen molar-refractivity contribution >= 4 is 50.9 Å². The van der Waals surface area contributed by atoms with E-state index in [4.69, 9.17) is 16.3 Å². The second-order valence-electron chi connectivity index (χ2n) is 10.7. The molecule has 1 aliphatic rings. The Balaban J connectivity index is 1.69. The largest absolute Gasteiger partial charge is 0.494 e. The summed E-state index contributed by atoms with van der Waals surface area (Å²) in [5, 5.41) is 3.56. The number of sulfonamides is 1. The third kappa shape index (κ3) is 8.49. The van der Waals surface area contributed by atoms with Crippen molar-refractivity contribution in [2.24, 2.45) is 0 Å². The Hall–Kier alpha value is -3.21. The van der Waals surface area contributed by atoms with E-state index in [2.05, 4.69) is 5.32 Å². The number of hydrogen-bond donors (Lipinski definition) is 1. The van der Waals surface area contributed by atoms with Gasteiger partial charge in [0.2, 0.25) is 11.8 Å². The predicted octanol–water partition coefficient (Wildman–Crippen LogP) is 6.52. The third-order valence-corrected chi connectivity index (χ3v) is 10.7. The topological polar surface area (TPSA) is 96.0 Å². The molecule has 236 valence electrons. The molecule has 4 rings (SSSR count). The Morgan fingerprint density at radius 3 is 2.27 bits per heavy atom. The third-order valence-electron chi connectivity index (χ3n) is 7.78. The van der Waals surface area contributed by atoms with E-state index in [1.807, 2.05) is 19.2 Å². The molecule has 2 amide bonds. The van der Waals surface area contributed by atoms with Gasteiger partial charge in [-0.2, -0.15) is 0 Å². The molecule has 0 saturated heterocycles. The molecule has 1 N–H and O–H groups in total. The zero-order valence-corrected chi connectivity index (χ0v) is 27.8. The van der Waals surface area contributed by atoms with Crippen LogP contribution in [-0.2, 0) is 26.2 Å². The van der Waals surface area contributed by atoms with Gasteiger partial charge in [0.15, 0.2) is 0 Å². The van der Waals surface area contributed by atoms with Gasteiger partial charge >= 0.3 is 0 Å². The molecule has 0 aromatic heterocycles. The SMILES string of the molecule is CCOc1ccc(N(CC(=O)N(Cc2ccccc2Cl)[C@H](C)C(=O)NC2CCCCC2)S(=O)(=O)c2ccc(SC)cc2)cc1. The van der Waals surface area contributed by atoms with Gasteiger partial charge in [0.25, 0.3) is 10.0 Å². The number of benzene rings is 3. The first-order valence-electron chi connectivity index (χ1n) is 14.9. The van der Waals surface area contributed by atoms with E-state index in [1.165, 1.54) is 28.8 Å². The van der Waals surface area contributed by atoms with Crippen LogP contribution in [0.3, 0.4) is 0 Å². The van der Waals surface area contributed by atoms with Crippen LogP contribution < -0.4 is 14.4 Å². The number of halogens is 1. The zero-order valence-electron chi connectivity index (χ0n) is 25.4. The van der Waals surface area contributed by atoms with Gasteiger partial charge in [-0.3, -0.25) is 13.9 Å².